The molecule has 4 heteroatoms. The summed E-state index contributed by atoms with van der Waals surface area (Å²) >= 11 is 5.76. The van der Waals surface area contributed by atoms with E-state index < -0.39 is 0 Å². The van der Waals surface area contributed by atoms with Crippen LogP contribution in [-0.4, -0.2) is 18.6 Å². The fourth-order valence-electron chi connectivity index (χ4n) is 1.49. The molecule has 2 rings (SSSR count). The Hall–Kier alpha value is -1.06. The Balaban J connectivity index is 1.83. The molecule has 1 amide bonds. The predicted molar refractivity (Wildman–Crippen MR) is 57.7 cm³/mol. The molecule has 0 bridgehead atoms. The minimum atomic E-state index is 0.00757. The van der Waals surface area contributed by atoms with Gasteiger partial charge in [-0.25, -0.2) is 0 Å². The number of carbonyl (C=O) groups is 1. The van der Waals surface area contributed by atoms with Gasteiger partial charge in [-0.3, -0.25) is 4.79 Å². The molecule has 1 aromatic carbocycles. The summed E-state index contributed by atoms with van der Waals surface area (Å²) < 4.78 is 5.57. The first-order valence-corrected chi connectivity index (χ1v) is 5.24. The quantitative estimate of drug-likeness (QED) is 0.851. The molecule has 1 fully saturated rings. The lowest BCUT2D eigenvalue weighted by Crippen LogP contribution is -2.17. The third-order valence-corrected chi connectivity index (χ3v) is 2.59. The number of benzene rings is 1. The van der Waals surface area contributed by atoms with E-state index in [9.17, 15) is 4.79 Å². The van der Waals surface area contributed by atoms with Crippen molar-refractivity contribution in [3.63, 3.8) is 0 Å². The minimum absolute atomic E-state index is 0.00757. The molecule has 1 heterocycles. The van der Waals surface area contributed by atoms with Crippen LogP contribution in [0.25, 0.3) is 0 Å². The fourth-order valence-corrected chi connectivity index (χ4v) is 1.62. The molecular formula is C11H12ClNO2. The van der Waals surface area contributed by atoms with E-state index >= 15 is 0 Å². The van der Waals surface area contributed by atoms with Crippen molar-refractivity contribution in [2.45, 2.75) is 19.1 Å². The summed E-state index contributed by atoms with van der Waals surface area (Å²) in [5.74, 6) is 0.0658. The van der Waals surface area contributed by atoms with Crippen LogP contribution in [0.5, 0.6) is 0 Å². The number of carbonyl (C=O) groups excluding carboxylic acids is 1. The summed E-state index contributed by atoms with van der Waals surface area (Å²) in [7, 11) is 0. The van der Waals surface area contributed by atoms with Gasteiger partial charge < -0.3 is 10.1 Å². The van der Waals surface area contributed by atoms with Crippen LogP contribution in [0, 0.1) is 0 Å². The molecule has 1 aliphatic heterocycles. The number of halogens is 1. The highest BCUT2D eigenvalue weighted by atomic mass is 35.5. The van der Waals surface area contributed by atoms with Crippen LogP contribution in [0.1, 0.15) is 12.0 Å². The summed E-state index contributed by atoms with van der Waals surface area (Å²) in [6, 6.07) is 7.51. The van der Waals surface area contributed by atoms with E-state index in [4.69, 9.17) is 16.3 Å². The van der Waals surface area contributed by atoms with E-state index in [2.05, 4.69) is 5.32 Å². The number of hydrogen-bond acceptors (Lipinski definition) is 2. The number of ether oxygens (including phenoxy) is 1. The molecule has 0 saturated carbocycles. The molecule has 1 aromatic rings. The first-order chi connectivity index (χ1) is 7.24. The second kappa shape index (κ2) is 4.64. The normalized spacial score (nSPS) is 20.3. The highest BCUT2D eigenvalue weighted by Gasteiger charge is 2.21. The lowest BCUT2D eigenvalue weighted by molar-refractivity contribution is -0.119. The van der Waals surface area contributed by atoms with Gasteiger partial charge in [0.2, 0.25) is 5.91 Å². The van der Waals surface area contributed by atoms with Crippen LogP contribution in [0.2, 0.25) is 5.02 Å². The van der Waals surface area contributed by atoms with Crippen molar-refractivity contribution in [3.8, 4) is 0 Å². The Morgan fingerprint density at radius 1 is 1.40 bits per heavy atom. The zero-order valence-electron chi connectivity index (χ0n) is 8.20. The van der Waals surface area contributed by atoms with Gasteiger partial charge >= 0.3 is 0 Å². The van der Waals surface area contributed by atoms with Crippen molar-refractivity contribution in [1.29, 1.82) is 0 Å². The highest BCUT2D eigenvalue weighted by molar-refractivity contribution is 6.30. The molecule has 0 aliphatic carbocycles. The molecule has 3 nitrogen and oxygen atoms in total. The molecular weight excluding hydrogens is 214 g/mol. The van der Waals surface area contributed by atoms with E-state index in [0.717, 1.165) is 10.6 Å². The lowest BCUT2D eigenvalue weighted by Gasteiger charge is -2.09. The van der Waals surface area contributed by atoms with Gasteiger partial charge in [0, 0.05) is 11.6 Å². The lowest BCUT2D eigenvalue weighted by atomic mass is 10.2. The van der Waals surface area contributed by atoms with E-state index in [0.29, 0.717) is 19.6 Å². The van der Waals surface area contributed by atoms with Gasteiger partial charge in [0.25, 0.3) is 0 Å². The standard InChI is InChI=1S/C11H12ClNO2/c12-9-3-1-8(2-4-9)7-15-10-5-11(14)13-6-10/h1-4,10H,5-7H2,(H,13,14)/t10-/m1/s1. The number of rotatable bonds is 3. The number of nitrogens with one attached hydrogen (secondary N) is 1. The molecule has 0 radical (unpaired) electrons. The molecule has 80 valence electrons. The van der Waals surface area contributed by atoms with Gasteiger partial charge in [0.05, 0.1) is 19.1 Å². The van der Waals surface area contributed by atoms with E-state index in [1.807, 2.05) is 24.3 Å². The monoisotopic (exact) mass is 225 g/mol. The van der Waals surface area contributed by atoms with Crippen molar-refractivity contribution in [3.05, 3.63) is 34.9 Å². The average molecular weight is 226 g/mol. The van der Waals surface area contributed by atoms with E-state index in [1.165, 1.54) is 0 Å². The van der Waals surface area contributed by atoms with Crippen molar-refractivity contribution in [2.75, 3.05) is 6.54 Å². The molecule has 15 heavy (non-hydrogen) atoms. The Kier molecular flexibility index (Phi) is 3.23. The third-order valence-electron chi connectivity index (χ3n) is 2.34. The van der Waals surface area contributed by atoms with E-state index in [1.54, 1.807) is 0 Å². The van der Waals surface area contributed by atoms with Crippen molar-refractivity contribution in [1.82, 2.24) is 5.32 Å². The highest BCUT2D eigenvalue weighted by Crippen LogP contribution is 2.12. The van der Waals surface area contributed by atoms with Gasteiger partial charge in [-0.2, -0.15) is 0 Å². The Labute approximate surface area is 93.4 Å². The molecule has 1 aliphatic rings. The summed E-state index contributed by atoms with van der Waals surface area (Å²) in [5.41, 5.74) is 1.07. The smallest absolute Gasteiger partial charge is 0.222 e. The predicted octanol–water partition coefficient (Wildman–Crippen LogP) is 1.75. The average Bonchev–Trinajstić information content (AvgIpc) is 2.64. The largest absolute Gasteiger partial charge is 0.371 e. The number of amides is 1. The summed E-state index contributed by atoms with van der Waals surface area (Å²) in [5, 5.41) is 3.45. The minimum Gasteiger partial charge on any atom is -0.371 e. The van der Waals surface area contributed by atoms with Crippen LogP contribution < -0.4 is 5.32 Å². The zero-order chi connectivity index (χ0) is 10.7. The van der Waals surface area contributed by atoms with Crippen molar-refractivity contribution < 1.29 is 9.53 Å². The Morgan fingerprint density at radius 3 is 2.73 bits per heavy atom. The zero-order valence-corrected chi connectivity index (χ0v) is 8.96. The van der Waals surface area contributed by atoms with Gasteiger partial charge in [-0.1, -0.05) is 23.7 Å². The molecule has 0 aromatic heterocycles. The van der Waals surface area contributed by atoms with Gasteiger partial charge in [-0.05, 0) is 17.7 Å². The molecule has 1 saturated heterocycles. The van der Waals surface area contributed by atoms with Gasteiger partial charge in [-0.15, -0.1) is 0 Å². The fraction of sp³-hybridized carbons (Fsp3) is 0.364. The second-order valence-corrected chi connectivity index (χ2v) is 4.00. The van der Waals surface area contributed by atoms with Crippen LogP contribution in [0.15, 0.2) is 24.3 Å². The summed E-state index contributed by atoms with van der Waals surface area (Å²) in [6.45, 7) is 1.14. The SMILES string of the molecule is O=C1C[C@@H](OCc2ccc(Cl)cc2)CN1. The maximum atomic E-state index is 10.9. The molecule has 1 atom stereocenters. The summed E-state index contributed by atoms with van der Waals surface area (Å²) in [4.78, 5) is 10.9. The molecule has 1 N–H and O–H groups in total. The molecule has 0 spiro atoms. The van der Waals surface area contributed by atoms with Gasteiger partial charge in [0.15, 0.2) is 0 Å². The maximum absolute atomic E-state index is 10.9. The second-order valence-electron chi connectivity index (χ2n) is 3.57. The van der Waals surface area contributed by atoms with E-state index in [-0.39, 0.29) is 12.0 Å². The molecule has 0 unspecified atom stereocenters. The van der Waals surface area contributed by atoms with Crippen molar-refractivity contribution >= 4 is 17.5 Å². The Bertz CT molecular complexity index is 350. The Morgan fingerprint density at radius 2 is 2.13 bits per heavy atom. The maximum Gasteiger partial charge on any atom is 0.222 e. The third kappa shape index (κ3) is 2.94. The first kappa shape index (κ1) is 10.5. The number of hydrogen-bond donors (Lipinski definition) is 1. The van der Waals surface area contributed by atoms with Crippen LogP contribution in [-0.2, 0) is 16.1 Å². The van der Waals surface area contributed by atoms with Crippen LogP contribution in [0.3, 0.4) is 0 Å². The first-order valence-electron chi connectivity index (χ1n) is 4.87. The van der Waals surface area contributed by atoms with Crippen LogP contribution >= 0.6 is 11.6 Å². The van der Waals surface area contributed by atoms with Crippen molar-refractivity contribution in [2.24, 2.45) is 0 Å². The van der Waals surface area contributed by atoms with Gasteiger partial charge in [0.1, 0.15) is 0 Å². The summed E-state index contributed by atoms with van der Waals surface area (Å²) in [6.07, 6.45) is 0.473. The topological polar surface area (TPSA) is 38.3 Å². The van der Waals surface area contributed by atoms with Crippen LogP contribution in [0.4, 0.5) is 0 Å².